The van der Waals surface area contributed by atoms with Crippen LogP contribution in [0.5, 0.6) is 0 Å². The van der Waals surface area contributed by atoms with Crippen molar-refractivity contribution in [3.05, 3.63) is 6.92 Å². The van der Waals surface area contributed by atoms with E-state index in [-0.39, 0.29) is 24.2 Å². The second-order valence-corrected chi connectivity index (χ2v) is 14.5. The van der Waals surface area contributed by atoms with Gasteiger partial charge in [0.25, 0.3) is 0 Å². The maximum absolute atomic E-state index is 5.54. The van der Waals surface area contributed by atoms with Crippen molar-refractivity contribution >= 4 is 40.6 Å². The summed E-state index contributed by atoms with van der Waals surface area (Å²) in [5.41, 5.74) is -2.08. The van der Waals surface area contributed by atoms with Crippen molar-refractivity contribution in [3.63, 3.8) is 0 Å². The predicted molar refractivity (Wildman–Crippen MR) is 116 cm³/mol. The van der Waals surface area contributed by atoms with Crippen LogP contribution < -0.4 is 0 Å². The summed E-state index contributed by atoms with van der Waals surface area (Å²) >= 11 is 8.93. The Hall–Kier alpha value is 1.89. The van der Waals surface area contributed by atoms with Crippen molar-refractivity contribution in [2.45, 2.75) is 84.8 Å². The molecule has 0 fully saturated rings. The Labute approximate surface area is 178 Å². The summed E-state index contributed by atoms with van der Waals surface area (Å²) < 4.78 is 11.3. The Morgan fingerprint density at radius 2 is 1.46 bits per heavy atom. The monoisotopic (exact) mass is 465 g/mol. The zero-order valence-corrected chi connectivity index (χ0v) is 23.1. The minimum atomic E-state index is -2.08. The third-order valence-electron chi connectivity index (χ3n) is 2.63. The molecule has 7 heteroatoms. The minimum absolute atomic E-state index is 0. The van der Waals surface area contributed by atoms with Crippen LogP contribution in [0.4, 0.5) is 0 Å². The van der Waals surface area contributed by atoms with Crippen molar-refractivity contribution < 1.29 is 28.5 Å². The van der Waals surface area contributed by atoms with E-state index in [1.54, 1.807) is 11.4 Å². The number of rotatable bonds is 12. The van der Waals surface area contributed by atoms with Gasteiger partial charge in [0.2, 0.25) is 5.69 Å². The van der Waals surface area contributed by atoms with E-state index in [1.165, 1.54) is 32.1 Å². The summed E-state index contributed by atoms with van der Waals surface area (Å²) in [5.74, 6) is 0. The van der Waals surface area contributed by atoms with Gasteiger partial charge in [-0.3, -0.25) is 0 Å². The van der Waals surface area contributed by atoms with E-state index < -0.39 is 5.69 Å². The van der Waals surface area contributed by atoms with Crippen LogP contribution in [0.2, 0.25) is 0 Å². The molecule has 0 atom stereocenters. The Morgan fingerprint density at radius 1 is 0.958 bits per heavy atom. The zero-order chi connectivity index (χ0) is 18.2. The maximum atomic E-state index is 5.54. The molecule has 24 heavy (non-hydrogen) atoms. The van der Waals surface area contributed by atoms with Gasteiger partial charge in [-0.2, -0.15) is 6.42 Å². The van der Waals surface area contributed by atoms with E-state index in [2.05, 4.69) is 34.6 Å². The molecule has 0 aromatic carbocycles. The van der Waals surface area contributed by atoms with E-state index in [1.807, 2.05) is 25.6 Å². The van der Waals surface area contributed by atoms with Gasteiger partial charge in [0.1, 0.15) is 0 Å². The van der Waals surface area contributed by atoms with E-state index >= 15 is 0 Å². The van der Waals surface area contributed by atoms with Gasteiger partial charge in [0.05, 0.1) is 13.2 Å². The maximum Gasteiger partial charge on any atom is 0.248 e. The second kappa shape index (κ2) is 19.6. The molecule has 0 spiro atoms. The number of unbranched alkanes of at least 4 members (excludes halogenated alkanes) is 5. The molecule has 0 aliphatic rings. The molecule has 0 bridgehead atoms. The van der Waals surface area contributed by atoms with Crippen LogP contribution >= 0.6 is 28.8 Å². The van der Waals surface area contributed by atoms with Crippen LogP contribution in [0.25, 0.3) is 0 Å². The van der Waals surface area contributed by atoms with Gasteiger partial charge < -0.3 is 16.0 Å². The van der Waals surface area contributed by atoms with Gasteiger partial charge in [-0.25, -0.2) is 0 Å². The van der Waals surface area contributed by atoms with Crippen molar-refractivity contribution in [3.8, 4) is 0 Å². The fourth-order valence-corrected chi connectivity index (χ4v) is 8.98. The van der Waals surface area contributed by atoms with Crippen molar-refractivity contribution in [1.29, 1.82) is 0 Å². The van der Waals surface area contributed by atoms with E-state index in [4.69, 9.17) is 20.9 Å². The Kier molecular flexibility index (Phi) is 25.1. The van der Waals surface area contributed by atoms with Gasteiger partial charge in [-0.05, 0) is 25.7 Å². The van der Waals surface area contributed by atoms with E-state index in [0.29, 0.717) is 13.2 Å². The van der Waals surface area contributed by atoms with Crippen molar-refractivity contribution in [2.24, 2.45) is 0 Å². The quantitative estimate of drug-likeness (QED) is 0.0961. The van der Waals surface area contributed by atoms with Crippen LogP contribution in [0.3, 0.4) is 0 Å². The molecule has 0 aliphatic heterocycles. The molecule has 144 valence electrons. The fraction of sp³-hybridized carbons (Fsp3) is 0.941. The summed E-state index contributed by atoms with van der Waals surface area (Å²) in [4.78, 5) is 0. The second-order valence-electron chi connectivity index (χ2n) is 6.05. The largest absolute Gasteiger partial charge is 0.343 e. The molecule has 0 N–H and O–H groups in total. The molecule has 0 aromatic rings. The smallest absolute Gasteiger partial charge is 0.248 e. The number of hydrogen-bond donors (Lipinski definition) is 0. The summed E-state index contributed by atoms with van der Waals surface area (Å²) in [6, 6.07) is 0. The summed E-state index contributed by atoms with van der Waals surface area (Å²) in [6.07, 6.45) is 7.98. The Balaban J connectivity index is -0.000000419. The first-order chi connectivity index (χ1) is 10.7. The summed E-state index contributed by atoms with van der Waals surface area (Å²) in [5, 5.41) is 0.931. The van der Waals surface area contributed by atoms with Gasteiger partial charge in [-0.15, -0.1) is 11.8 Å². The predicted octanol–water partition coefficient (Wildman–Crippen LogP) is 7.68. The van der Waals surface area contributed by atoms with Gasteiger partial charge >= 0.3 is 0 Å². The SMILES string of the molecule is CCOP(=S)(OCC)SCSC(C)(C)C.[CH2-]CCCCCCC.[Zn]. The van der Waals surface area contributed by atoms with E-state index in [9.17, 15) is 0 Å². The van der Waals surface area contributed by atoms with Crippen molar-refractivity contribution in [2.75, 3.05) is 18.3 Å². The molecule has 0 saturated carbocycles. The van der Waals surface area contributed by atoms with Crippen molar-refractivity contribution in [1.82, 2.24) is 0 Å². The van der Waals surface area contributed by atoms with Crippen LogP contribution in [0, 0.1) is 6.92 Å². The summed E-state index contributed by atoms with van der Waals surface area (Å²) in [6.45, 7) is 17.8. The molecule has 2 nitrogen and oxygen atoms in total. The number of hydrogen-bond acceptors (Lipinski definition) is 5. The first kappa shape index (κ1) is 30.6. The standard InChI is InChI=1S/C9H21O2PS3.C8H17.Zn/c1-6-10-12(13,11-7-2)15-8-14-9(3,4)5;1-3-5-7-8-6-4-2;/h6-8H2,1-5H3;1,3-8H2,2H3;/q;-1;. The molecule has 0 saturated heterocycles. The van der Waals surface area contributed by atoms with Crippen LogP contribution in [0.15, 0.2) is 0 Å². The molecule has 0 aliphatic carbocycles. The third kappa shape index (κ3) is 23.9. The number of thioether (sulfide) groups is 1. The molecule has 0 radical (unpaired) electrons. The van der Waals surface area contributed by atoms with Crippen LogP contribution in [0.1, 0.15) is 80.1 Å². The topological polar surface area (TPSA) is 18.5 Å². The van der Waals surface area contributed by atoms with Crippen LogP contribution in [-0.4, -0.2) is 23.0 Å². The first-order valence-corrected chi connectivity index (χ1v) is 13.9. The summed E-state index contributed by atoms with van der Waals surface area (Å²) in [7, 11) is 0. The van der Waals surface area contributed by atoms with E-state index in [0.717, 1.165) is 11.5 Å². The molecular weight excluding hydrogens is 429 g/mol. The third-order valence-corrected chi connectivity index (χ3v) is 9.97. The first-order valence-electron chi connectivity index (χ1n) is 8.71. The van der Waals surface area contributed by atoms with Gasteiger partial charge in [0, 0.05) is 29.3 Å². The fourth-order valence-electron chi connectivity index (χ4n) is 1.48. The molecule has 0 rings (SSSR count). The average Bonchev–Trinajstić information content (AvgIpc) is 2.43. The molecule has 0 unspecified atom stereocenters. The Morgan fingerprint density at radius 3 is 1.83 bits per heavy atom. The van der Waals surface area contributed by atoms with Gasteiger partial charge in [-0.1, -0.05) is 71.2 Å². The molecule has 0 heterocycles. The molecular formula is C17H38O2PS3Zn-. The normalized spacial score (nSPS) is 11.5. The average molecular weight is 467 g/mol. The zero-order valence-electron chi connectivity index (χ0n) is 16.8. The molecule has 0 aromatic heterocycles. The van der Waals surface area contributed by atoms with Crippen LogP contribution in [-0.2, 0) is 40.3 Å². The Bertz CT molecular complexity index is 284. The molecule has 0 amide bonds. The minimum Gasteiger partial charge on any atom is -0.343 e. The van der Waals surface area contributed by atoms with Gasteiger partial charge in [0.15, 0.2) is 0 Å².